The van der Waals surface area contributed by atoms with E-state index in [-0.39, 0.29) is 17.7 Å². The van der Waals surface area contributed by atoms with Gasteiger partial charge in [-0.3, -0.25) is 14.5 Å². The Morgan fingerprint density at radius 2 is 2.13 bits per heavy atom. The first-order valence-electron chi connectivity index (χ1n) is 8.55. The monoisotopic (exact) mass is 343 g/mol. The smallest absolute Gasteiger partial charge is 0.224 e. The fourth-order valence-corrected chi connectivity index (χ4v) is 3.44. The second-order valence-corrected chi connectivity index (χ2v) is 7.15. The maximum atomic E-state index is 12.2. The average Bonchev–Trinajstić information content (AvgIpc) is 2.58. The van der Waals surface area contributed by atoms with Crippen molar-refractivity contribution in [1.29, 1.82) is 0 Å². The Hall–Kier alpha value is -0.790. The zero-order chi connectivity index (χ0) is 16.5. The largest absolute Gasteiger partial charge is 0.379 e. The normalized spacial score (nSPS) is 23.1. The van der Waals surface area contributed by atoms with Crippen LogP contribution in [0, 0.1) is 5.92 Å². The second-order valence-electron chi connectivity index (χ2n) is 6.17. The topological polar surface area (TPSA) is 61.9 Å². The summed E-state index contributed by atoms with van der Waals surface area (Å²) in [6, 6.07) is 0. The minimum absolute atomic E-state index is 0.0494. The van der Waals surface area contributed by atoms with Gasteiger partial charge >= 0.3 is 0 Å². The lowest BCUT2D eigenvalue weighted by Gasteiger charge is -2.34. The van der Waals surface area contributed by atoms with Crippen molar-refractivity contribution >= 4 is 23.6 Å². The van der Waals surface area contributed by atoms with Crippen molar-refractivity contribution in [1.82, 2.24) is 15.1 Å². The van der Waals surface area contributed by atoms with Crippen LogP contribution in [0.3, 0.4) is 0 Å². The molecule has 0 aromatic heterocycles. The van der Waals surface area contributed by atoms with Crippen LogP contribution >= 0.6 is 11.8 Å². The molecule has 2 heterocycles. The predicted octanol–water partition coefficient (Wildman–Crippen LogP) is 0.427. The fraction of sp³-hybridized carbons (Fsp3) is 0.875. The summed E-state index contributed by atoms with van der Waals surface area (Å²) >= 11 is 1.79. The average molecular weight is 343 g/mol. The molecule has 2 aliphatic heterocycles. The van der Waals surface area contributed by atoms with Crippen molar-refractivity contribution in [3.8, 4) is 0 Å². The number of ether oxygens (including phenoxy) is 1. The molecule has 0 unspecified atom stereocenters. The third-order valence-electron chi connectivity index (χ3n) is 4.49. The SMILES string of the molecule is CSCCCNC(=O)[C@H]1CCC(=O)N(CCN2CCOCC2)C1. The van der Waals surface area contributed by atoms with Crippen LogP contribution in [0.5, 0.6) is 0 Å². The molecule has 1 N–H and O–H groups in total. The van der Waals surface area contributed by atoms with E-state index in [1.807, 2.05) is 4.90 Å². The van der Waals surface area contributed by atoms with Gasteiger partial charge in [0.1, 0.15) is 0 Å². The van der Waals surface area contributed by atoms with Crippen molar-refractivity contribution in [3.05, 3.63) is 0 Å². The van der Waals surface area contributed by atoms with Gasteiger partial charge in [0.15, 0.2) is 0 Å². The Labute approximate surface area is 143 Å². The molecule has 0 aliphatic carbocycles. The van der Waals surface area contributed by atoms with Gasteiger partial charge in [-0.1, -0.05) is 0 Å². The first kappa shape index (κ1) is 18.5. The van der Waals surface area contributed by atoms with Crippen LogP contribution in [-0.4, -0.2) is 86.1 Å². The number of piperidine rings is 1. The number of hydrogen-bond acceptors (Lipinski definition) is 5. The molecular weight excluding hydrogens is 314 g/mol. The molecular formula is C16H29N3O3S. The first-order chi connectivity index (χ1) is 11.2. The number of morpholine rings is 1. The third kappa shape index (κ3) is 6.31. The lowest BCUT2D eigenvalue weighted by atomic mass is 9.96. The van der Waals surface area contributed by atoms with Crippen LogP contribution < -0.4 is 5.32 Å². The van der Waals surface area contributed by atoms with E-state index in [1.54, 1.807) is 11.8 Å². The van der Waals surface area contributed by atoms with E-state index in [1.165, 1.54) is 0 Å². The van der Waals surface area contributed by atoms with Gasteiger partial charge in [0.2, 0.25) is 11.8 Å². The molecule has 2 fully saturated rings. The van der Waals surface area contributed by atoms with E-state index in [0.717, 1.165) is 58.1 Å². The first-order valence-corrected chi connectivity index (χ1v) is 9.94. The van der Waals surface area contributed by atoms with E-state index in [4.69, 9.17) is 4.74 Å². The standard InChI is InChI=1S/C16H29N3O3S/c1-23-12-2-5-17-16(21)14-3-4-15(20)19(13-14)7-6-18-8-10-22-11-9-18/h14H,2-13H2,1H3,(H,17,21)/t14-/m0/s1. The van der Waals surface area contributed by atoms with Crippen LogP contribution in [0.1, 0.15) is 19.3 Å². The molecule has 0 spiro atoms. The van der Waals surface area contributed by atoms with E-state index >= 15 is 0 Å². The van der Waals surface area contributed by atoms with Crippen LogP contribution in [0.2, 0.25) is 0 Å². The third-order valence-corrected chi connectivity index (χ3v) is 5.18. The molecule has 132 valence electrons. The van der Waals surface area contributed by atoms with Crippen molar-refractivity contribution in [2.75, 3.05) is 64.5 Å². The highest BCUT2D eigenvalue weighted by Crippen LogP contribution is 2.18. The molecule has 2 amide bonds. The minimum atomic E-state index is -0.0494. The minimum Gasteiger partial charge on any atom is -0.379 e. The highest BCUT2D eigenvalue weighted by Gasteiger charge is 2.30. The Morgan fingerprint density at radius 1 is 1.35 bits per heavy atom. The number of carbonyl (C=O) groups is 2. The zero-order valence-electron chi connectivity index (χ0n) is 14.1. The van der Waals surface area contributed by atoms with Gasteiger partial charge in [-0.15, -0.1) is 0 Å². The molecule has 2 saturated heterocycles. The van der Waals surface area contributed by atoms with Crippen molar-refractivity contribution in [2.45, 2.75) is 19.3 Å². The molecule has 0 aromatic carbocycles. The van der Waals surface area contributed by atoms with Gasteiger partial charge in [-0.25, -0.2) is 0 Å². The van der Waals surface area contributed by atoms with E-state index in [9.17, 15) is 9.59 Å². The van der Waals surface area contributed by atoms with Gasteiger partial charge in [-0.05, 0) is 24.9 Å². The number of likely N-dealkylation sites (tertiary alicyclic amines) is 1. The summed E-state index contributed by atoms with van der Waals surface area (Å²) in [4.78, 5) is 28.5. The number of nitrogens with one attached hydrogen (secondary N) is 1. The summed E-state index contributed by atoms with van der Waals surface area (Å²) in [6.45, 7) is 6.30. The van der Waals surface area contributed by atoms with Crippen molar-refractivity contribution in [3.63, 3.8) is 0 Å². The predicted molar refractivity (Wildman–Crippen MR) is 92.6 cm³/mol. The molecule has 0 saturated carbocycles. The Balaban J connectivity index is 1.72. The molecule has 2 aliphatic rings. The number of rotatable bonds is 8. The van der Waals surface area contributed by atoms with E-state index < -0.39 is 0 Å². The number of thioether (sulfide) groups is 1. The summed E-state index contributed by atoms with van der Waals surface area (Å²) in [5.41, 5.74) is 0. The van der Waals surface area contributed by atoms with Gasteiger partial charge in [0, 0.05) is 45.7 Å². The highest BCUT2D eigenvalue weighted by molar-refractivity contribution is 7.98. The molecule has 6 nitrogen and oxygen atoms in total. The Kier molecular flexibility index (Phi) is 8.19. The van der Waals surface area contributed by atoms with Gasteiger partial charge < -0.3 is 15.0 Å². The molecule has 0 aromatic rings. The molecule has 0 radical (unpaired) electrons. The summed E-state index contributed by atoms with van der Waals surface area (Å²) in [7, 11) is 0. The lowest BCUT2D eigenvalue weighted by Crippen LogP contribution is -2.49. The van der Waals surface area contributed by atoms with Crippen LogP contribution in [0.4, 0.5) is 0 Å². The molecule has 2 rings (SSSR count). The van der Waals surface area contributed by atoms with Crippen LogP contribution in [0.25, 0.3) is 0 Å². The summed E-state index contributed by atoms with van der Waals surface area (Å²) in [6.07, 6.45) is 4.24. The molecule has 1 atom stereocenters. The molecule has 23 heavy (non-hydrogen) atoms. The number of hydrogen-bond donors (Lipinski definition) is 1. The van der Waals surface area contributed by atoms with Crippen molar-refractivity contribution in [2.24, 2.45) is 5.92 Å². The number of carbonyl (C=O) groups excluding carboxylic acids is 2. The molecule has 7 heteroatoms. The maximum absolute atomic E-state index is 12.2. The van der Waals surface area contributed by atoms with Crippen molar-refractivity contribution < 1.29 is 14.3 Å². The van der Waals surface area contributed by atoms with Gasteiger partial charge in [0.05, 0.1) is 19.1 Å². The van der Waals surface area contributed by atoms with Crippen LogP contribution in [-0.2, 0) is 14.3 Å². The highest BCUT2D eigenvalue weighted by atomic mass is 32.2. The Morgan fingerprint density at radius 3 is 2.87 bits per heavy atom. The van der Waals surface area contributed by atoms with E-state index in [0.29, 0.717) is 19.4 Å². The second kappa shape index (κ2) is 10.2. The zero-order valence-corrected chi connectivity index (χ0v) is 14.9. The summed E-state index contributed by atoms with van der Waals surface area (Å²) in [5, 5.41) is 3.01. The van der Waals surface area contributed by atoms with E-state index in [2.05, 4.69) is 16.5 Å². The number of amides is 2. The van der Waals surface area contributed by atoms with Gasteiger partial charge in [-0.2, -0.15) is 11.8 Å². The molecule has 0 bridgehead atoms. The Bertz CT molecular complexity index is 389. The van der Waals surface area contributed by atoms with Gasteiger partial charge in [0.25, 0.3) is 0 Å². The maximum Gasteiger partial charge on any atom is 0.224 e. The van der Waals surface area contributed by atoms with Crippen LogP contribution in [0.15, 0.2) is 0 Å². The quantitative estimate of drug-likeness (QED) is 0.648. The lowest BCUT2D eigenvalue weighted by molar-refractivity contribution is -0.138. The summed E-state index contributed by atoms with van der Waals surface area (Å²) < 4.78 is 5.34. The fourth-order valence-electron chi connectivity index (χ4n) is 3.00. The summed E-state index contributed by atoms with van der Waals surface area (Å²) in [5.74, 6) is 1.31. The number of nitrogens with zero attached hydrogens (tertiary/aromatic N) is 2.